The predicted molar refractivity (Wildman–Crippen MR) is 115 cm³/mol. The Bertz CT molecular complexity index is 1290. The van der Waals surface area contributed by atoms with Gasteiger partial charge in [-0.1, -0.05) is 6.07 Å². The van der Waals surface area contributed by atoms with Gasteiger partial charge in [0.25, 0.3) is 11.5 Å². The number of fused-ring (bicyclic) bond motifs is 1. The summed E-state index contributed by atoms with van der Waals surface area (Å²) in [5.74, 6) is 0.154. The molecular formula is C21H19FN6O2S. The van der Waals surface area contributed by atoms with Gasteiger partial charge in [0.15, 0.2) is 0 Å². The minimum absolute atomic E-state index is 0.0668. The van der Waals surface area contributed by atoms with E-state index in [9.17, 15) is 14.0 Å². The van der Waals surface area contributed by atoms with E-state index in [4.69, 9.17) is 4.98 Å². The summed E-state index contributed by atoms with van der Waals surface area (Å²) >= 11 is 1.58. The summed E-state index contributed by atoms with van der Waals surface area (Å²) in [4.78, 5) is 31.7. The van der Waals surface area contributed by atoms with Gasteiger partial charge in [-0.25, -0.2) is 14.5 Å². The fourth-order valence-electron chi connectivity index (χ4n) is 3.91. The Kier molecular flexibility index (Phi) is 4.99. The number of H-pyrrole nitrogens is 1. The smallest absolute Gasteiger partial charge is 0.274 e. The Balaban J connectivity index is 1.41. The molecule has 5 rings (SSSR count). The number of carbonyl (C=O) groups excluding carboxylic acids is 1. The van der Waals surface area contributed by atoms with Crippen molar-refractivity contribution in [2.24, 2.45) is 0 Å². The lowest BCUT2D eigenvalue weighted by atomic mass is 9.95. The average molecular weight is 438 g/mol. The van der Waals surface area contributed by atoms with Gasteiger partial charge in [0.05, 0.1) is 5.69 Å². The Morgan fingerprint density at radius 1 is 1.29 bits per heavy atom. The van der Waals surface area contributed by atoms with Crippen LogP contribution >= 0.6 is 11.3 Å². The van der Waals surface area contributed by atoms with E-state index in [1.165, 1.54) is 24.3 Å². The molecule has 1 unspecified atom stereocenters. The number of hydrogen-bond acceptors (Lipinski definition) is 6. The van der Waals surface area contributed by atoms with Crippen LogP contribution in [0, 0.1) is 5.82 Å². The van der Waals surface area contributed by atoms with Gasteiger partial charge in [-0.05, 0) is 37.1 Å². The lowest BCUT2D eigenvalue weighted by Crippen LogP contribution is -2.39. The molecule has 0 spiro atoms. The number of likely N-dealkylation sites (tertiary alicyclic amines) is 1. The Morgan fingerprint density at radius 2 is 2.19 bits per heavy atom. The Morgan fingerprint density at radius 3 is 3.00 bits per heavy atom. The average Bonchev–Trinajstić information content (AvgIpc) is 3.38. The second kappa shape index (κ2) is 7.95. The van der Waals surface area contributed by atoms with E-state index in [-0.39, 0.29) is 28.9 Å². The summed E-state index contributed by atoms with van der Waals surface area (Å²) < 4.78 is 15.5. The van der Waals surface area contributed by atoms with Crippen molar-refractivity contribution < 1.29 is 9.18 Å². The third-order valence-corrected chi connectivity index (χ3v) is 6.24. The molecular weight excluding hydrogens is 419 g/mol. The number of anilines is 2. The van der Waals surface area contributed by atoms with Crippen molar-refractivity contribution in [1.29, 1.82) is 0 Å². The zero-order valence-electron chi connectivity index (χ0n) is 16.4. The highest BCUT2D eigenvalue weighted by atomic mass is 32.1. The summed E-state index contributed by atoms with van der Waals surface area (Å²) in [6.45, 7) is 1.15. The number of imidazole rings is 1. The molecule has 4 aromatic rings. The lowest BCUT2D eigenvalue weighted by molar-refractivity contribution is 0.0699. The minimum Gasteiger partial charge on any atom is -0.337 e. The molecule has 0 radical (unpaired) electrons. The SMILES string of the molecule is O=C(c1ccc(=O)[nH]n1)N1CCCC(c2nc(Nc3cccc(F)c3)n3ccsc23)C1. The molecule has 1 amide bonds. The van der Waals surface area contributed by atoms with Gasteiger partial charge in [-0.3, -0.25) is 14.0 Å². The number of nitrogens with one attached hydrogen (secondary N) is 2. The monoisotopic (exact) mass is 438 g/mol. The van der Waals surface area contributed by atoms with Gasteiger partial charge in [-0.15, -0.1) is 11.3 Å². The van der Waals surface area contributed by atoms with E-state index >= 15 is 0 Å². The number of aromatic amines is 1. The van der Waals surface area contributed by atoms with Gasteiger partial charge in [0.2, 0.25) is 5.95 Å². The van der Waals surface area contributed by atoms with E-state index in [1.54, 1.807) is 28.4 Å². The summed E-state index contributed by atoms with van der Waals surface area (Å²) in [5, 5.41) is 11.3. The number of benzene rings is 1. The van der Waals surface area contributed by atoms with Crippen molar-refractivity contribution >= 4 is 33.7 Å². The number of rotatable bonds is 4. The first-order valence-electron chi connectivity index (χ1n) is 9.91. The largest absolute Gasteiger partial charge is 0.337 e. The number of thiazole rings is 1. The van der Waals surface area contributed by atoms with Crippen LogP contribution in [0.3, 0.4) is 0 Å². The molecule has 0 bridgehead atoms. The third-order valence-electron chi connectivity index (χ3n) is 5.36. The van der Waals surface area contributed by atoms with Crippen LogP contribution in [0.5, 0.6) is 0 Å². The highest BCUT2D eigenvalue weighted by molar-refractivity contribution is 7.15. The normalized spacial score (nSPS) is 16.5. The van der Waals surface area contributed by atoms with Crippen LogP contribution in [0.2, 0.25) is 0 Å². The van der Waals surface area contributed by atoms with Gasteiger partial charge in [-0.2, -0.15) is 5.10 Å². The van der Waals surface area contributed by atoms with Gasteiger partial charge < -0.3 is 10.2 Å². The molecule has 3 aromatic heterocycles. The fourth-order valence-corrected chi connectivity index (χ4v) is 4.81. The summed E-state index contributed by atoms with van der Waals surface area (Å²) in [5.41, 5.74) is 1.42. The molecule has 1 atom stereocenters. The van der Waals surface area contributed by atoms with Crippen LogP contribution in [-0.2, 0) is 0 Å². The maximum absolute atomic E-state index is 13.6. The fraction of sp³-hybridized carbons (Fsp3) is 0.238. The van der Waals surface area contributed by atoms with Crippen molar-refractivity contribution in [3.05, 3.63) is 75.5 Å². The first-order chi connectivity index (χ1) is 15.1. The molecule has 1 aliphatic heterocycles. The number of nitrogens with zero attached hydrogens (tertiary/aromatic N) is 4. The minimum atomic E-state index is -0.343. The summed E-state index contributed by atoms with van der Waals surface area (Å²) in [6, 6.07) is 9.00. The topological polar surface area (TPSA) is 95.4 Å². The molecule has 0 aliphatic carbocycles. The van der Waals surface area contributed by atoms with Crippen molar-refractivity contribution in [3.63, 3.8) is 0 Å². The number of halogens is 1. The highest BCUT2D eigenvalue weighted by Crippen LogP contribution is 2.34. The van der Waals surface area contributed by atoms with Crippen molar-refractivity contribution in [2.75, 3.05) is 18.4 Å². The zero-order valence-corrected chi connectivity index (χ0v) is 17.2. The van der Waals surface area contributed by atoms with E-state index < -0.39 is 0 Å². The number of hydrogen-bond donors (Lipinski definition) is 2. The second-order valence-electron chi connectivity index (χ2n) is 7.43. The lowest BCUT2D eigenvalue weighted by Gasteiger charge is -2.31. The molecule has 31 heavy (non-hydrogen) atoms. The van der Waals surface area contributed by atoms with E-state index in [0.29, 0.717) is 24.7 Å². The van der Waals surface area contributed by atoms with Gasteiger partial charge >= 0.3 is 0 Å². The quantitative estimate of drug-likeness (QED) is 0.509. The maximum atomic E-state index is 13.6. The molecule has 1 aliphatic rings. The molecule has 10 heteroatoms. The first kappa shape index (κ1) is 19.4. The second-order valence-corrected chi connectivity index (χ2v) is 8.33. The highest BCUT2D eigenvalue weighted by Gasteiger charge is 2.30. The van der Waals surface area contributed by atoms with Crippen LogP contribution < -0.4 is 10.9 Å². The maximum Gasteiger partial charge on any atom is 0.274 e. The number of carbonyl (C=O) groups is 1. The molecule has 1 aromatic carbocycles. The number of amides is 1. The molecule has 1 saturated heterocycles. The van der Waals surface area contributed by atoms with Crippen molar-refractivity contribution in [2.45, 2.75) is 18.8 Å². The summed E-state index contributed by atoms with van der Waals surface area (Å²) in [7, 11) is 0. The molecule has 158 valence electrons. The van der Waals surface area contributed by atoms with Crippen molar-refractivity contribution in [3.8, 4) is 0 Å². The van der Waals surface area contributed by atoms with Crippen LogP contribution in [0.15, 0.2) is 52.8 Å². The number of piperidine rings is 1. The summed E-state index contributed by atoms with van der Waals surface area (Å²) in [6.07, 6.45) is 3.68. The third kappa shape index (κ3) is 3.81. The first-order valence-corrected chi connectivity index (χ1v) is 10.8. The van der Waals surface area contributed by atoms with Gasteiger partial charge in [0.1, 0.15) is 16.3 Å². The van der Waals surface area contributed by atoms with Gasteiger partial charge in [0, 0.05) is 42.3 Å². The number of aromatic nitrogens is 4. The zero-order chi connectivity index (χ0) is 21.4. The van der Waals surface area contributed by atoms with Crippen LogP contribution in [0.4, 0.5) is 16.0 Å². The standard InChI is InChI=1S/C21H19FN6O2S/c22-14-4-1-5-15(11-14)23-21-24-18(20-28(21)9-10-31-20)13-3-2-8-27(12-13)19(30)16-6-7-17(29)26-25-16/h1,4-7,9-11,13H,2-3,8,12H2,(H,23,24)(H,26,29). The molecule has 0 saturated carbocycles. The van der Waals surface area contributed by atoms with E-state index in [2.05, 4.69) is 15.5 Å². The Labute approximate surface area is 180 Å². The van der Waals surface area contributed by atoms with Crippen molar-refractivity contribution in [1.82, 2.24) is 24.5 Å². The molecule has 4 heterocycles. The van der Waals surface area contributed by atoms with E-state index in [0.717, 1.165) is 23.4 Å². The van der Waals surface area contributed by atoms with Crippen LogP contribution in [0.25, 0.3) is 4.83 Å². The predicted octanol–water partition coefficient (Wildman–Crippen LogP) is 3.38. The van der Waals surface area contributed by atoms with Crippen LogP contribution in [-0.4, -0.2) is 43.5 Å². The van der Waals surface area contributed by atoms with Crippen LogP contribution in [0.1, 0.15) is 34.9 Å². The molecule has 2 N–H and O–H groups in total. The molecule has 1 fully saturated rings. The van der Waals surface area contributed by atoms with E-state index in [1.807, 2.05) is 16.0 Å². The molecule has 8 nitrogen and oxygen atoms in total. The Hall–Kier alpha value is -3.53.